The van der Waals surface area contributed by atoms with Crippen LogP contribution in [-0.2, 0) is 0 Å². The summed E-state index contributed by atoms with van der Waals surface area (Å²) >= 11 is 0. The summed E-state index contributed by atoms with van der Waals surface area (Å²) in [7, 11) is 0. The van der Waals surface area contributed by atoms with E-state index in [-0.39, 0.29) is 0 Å². The first kappa shape index (κ1) is 8.28. The van der Waals surface area contributed by atoms with Crippen LogP contribution in [0.1, 0.15) is 25.5 Å². The van der Waals surface area contributed by atoms with Gasteiger partial charge in [-0.1, -0.05) is 31.2 Å². The van der Waals surface area contributed by atoms with Gasteiger partial charge in [0.15, 0.2) is 0 Å². The Hall–Kier alpha value is -0.820. The minimum Gasteiger partial charge on any atom is -0.310 e. The number of benzene rings is 1. The average molecular weight is 148 g/mol. The Labute approximate surface area is 68.4 Å². The van der Waals surface area contributed by atoms with Crippen molar-refractivity contribution in [2.45, 2.75) is 19.9 Å². The normalized spacial score (nSPS) is 12.9. The second-order valence-electron chi connectivity index (χ2n) is 2.61. The van der Waals surface area contributed by atoms with Gasteiger partial charge in [0.1, 0.15) is 0 Å². The molecule has 0 amide bonds. The van der Waals surface area contributed by atoms with E-state index in [0.717, 1.165) is 6.54 Å². The quantitative estimate of drug-likeness (QED) is 0.692. The Morgan fingerprint density at radius 3 is 2.64 bits per heavy atom. The molecule has 59 valence electrons. The highest BCUT2D eigenvalue weighted by Crippen LogP contribution is 2.09. The van der Waals surface area contributed by atoms with Crippen LogP contribution in [0.4, 0.5) is 0 Å². The Kier molecular flexibility index (Phi) is 3.12. The highest BCUT2D eigenvalue weighted by atomic mass is 14.9. The fourth-order valence-electron chi connectivity index (χ4n) is 1.11. The van der Waals surface area contributed by atoms with Crippen molar-refractivity contribution in [3.63, 3.8) is 0 Å². The van der Waals surface area contributed by atoms with Crippen LogP contribution in [-0.4, -0.2) is 6.54 Å². The van der Waals surface area contributed by atoms with Crippen molar-refractivity contribution in [1.29, 1.82) is 0 Å². The summed E-state index contributed by atoms with van der Waals surface area (Å²) in [4.78, 5) is 0. The highest BCUT2D eigenvalue weighted by molar-refractivity contribution is 5.17. The van der Waals surface area contributed by atoms with Crippen LogP contribution >= 0.6 is 0 Å². The van der Waals surface area contributed by atoms with E-state index in [1.165, 1.54) is 5.56 Å². The van der Waals surface area contributed by atoms with Crippen molar-refractivity contribution < 1.29 is 0 Å². The Bertz CT molecular complexity index is 193. The van der Waals surface area contributed by atoms with Gasteiger partial charge in [-0.25, -0.2) is 0 Å². The molecule has 1 aromatic carbocycles. The van der Waals surface area contributed by atoms with Gasteiger partial charge in [-0.05, 0) is 25.1 Å². The summed E-state index contributed by atoms with van der Waals surface area (Å²) in [5, 5.41) is 3.35. The molecule has 1 heteroatoms. The van der Waals surface area contributed by atoms with Crippen molar-refractivity contribution in [3.8, 4) is 0 Å². The molecule has 0 aliphatic rings. The lowest BCUT2D eigenvalue weighted by molar-refractivity contribution is 0.598. The molecular weight excluding hydrogens is 134 g/mol. The van der Waals surface area contributed by atoms with Gasteiger partial charge in [0.25, 0.3) is 0 Å². The number of hydrogen-bond donors (Lipinski definition) is 1. The molecule has 1 nitrogen and oxygen atoms in total. The van der Waals surface area contributed by atoms with E-state index in [1.54, 1.807) is 0 Å². The molecule has 0 fully saturated rings. The van der Waals surface area contributed by atoms with Crippen LogP contribution in [0.2, 0.25) is 0 Å². The van der Waals surface area contributed by atoms with Crippen molar-refractivity contribution in [2.75, 3.05) is 6.54 Å². The molecule has 1 rings (SSSR count). The second kappa shape index (κ2) is 4.14. The summed E-state index contributed by atoms with van der Waals surface area (Å²) in [6.07, 6.45) is 0. The van der Waals surface area contributed by atoms with Gasteiger partial charge in [-0.15, -0.1) is 0 Å². The van der Waals surface area contributed by atoms with Gasteiger partial charge >= 0.3 is 0 Å². The largest absolute Gasteiger partial charge is 0.310 e. The fourth-order valence-corrected chi connectivity index (χ4v) is 1.11. The van der Waals surface area contributed by atoms with Crippen LogP contribution < -0.4 is 5.32 Å². The van der Waals surface area contributed by atoms with Gasteiger partial charge < -0.3 is 5.32 Å². The summed E-state index contributed by atoms with van der Waals surface area (Å²) in [5.74, 6) is 0. The molecule has 11 heavy (non-hydrogen) atoms. The van der Waals surface area contributed by atoms with Gasteiger partial charge in [-0.3, -0.25) is 0 Å². The van der Waals surface area contributed by atoms with E-state index in [4.69, 9.17) is 0 Å². The average Bonchev–Trinajstić information content (AvgIpc) is 2.07. The van der Waals surface area contributed by atoms with E-state index in [9.17, 15) is 0 Å². The molecule has 1 unspecified atom stereocenters. The van der Waals surface area contributed by atoms with Crippen molar-refractivity contribution >= 4 is 0 Å². The zero-order valence-electron chi connectivity index (χ0n) is 7.09. The lowest BCUT2D eigenvalue weighted by atomic mass is 10.1. The van der Waals surface area contributed by atoms with Crippen molar-refractivity contribution in [3.05, 3.63) is 35.9 Å². The van der Waals surface area contributed by atoms with Crippen LogP contribution in [0.25, 0.3) is 0 Å². The molecular formula is C10H14N. The lowest BCUT2D eigenvalue weighted by Gasteiger charge is -2.11. The molecule has 1 atom stereocenters. The molecule has 0 aliphatic carbocycles. The maximum Gasteiger partial charge on any atom is 0.0291 e. The third kappa shape index (κ3) is 2.35. The van der Waals surface area contributed by atoms with E-state index in [0.29, 0.717) is 6.04 Å². The van der Waals surface area contributed by atoms with Crippen molar-refractivity contribution in [1.82, 2.24) is 5.32 Å². The molecule has 1 radical (unpaired) electrons. The number of hydrogen-bond acceptors (Lipinski definition) is 1. The Morgan fingerprint density at radius 1 is 1.45 bits per heavy atom. The van der Waals surface area contributed by atoms with Crippen LogP contribution in [0.15, 0.2) is 24.3 Å². The van der Waals surface area contributed by atoms with Crippen LogP contribution in [0.3, 0.4) is 0 Å². The molecule has 0 aromatic heterocycles. The molecule has 0 saturated heterocycles. The van der Waals surface area contributed by atoms with Crippen LogP contribution in [0.5, 0.6) is 0 Å². The van der Waals surface area contributed by atoms with Gasteiger partial charge in [0, 0.05) is 6.04 Å². The van der Waals surface area contributed by atoms with Crippen LogP contribution in [0, 0.1) is 6.07 Å². The molecule has 0 spiro atoms. The highest BCUT2D eigenvalue weighted by Gasteiger charge is 1.99. The van der Waals surface area contributed by atoms with Gasteiger partial charge in [-0.2, -0.15) is 0 Å². The molecule has 1 aromatic rings. The smallest absolute Gasteiger partial charge is 0.0291 e. The standard InChI is InChI=1S/C10H14N/c1-3-11-9(2)10-7-5-4-6-8-10/h5-9,11H,3H2,1-2H3. The Morgan fingerprint density at radius 2 is 2.09 bits per heavy atom. The Balaban J connectivity index is 2.61. The first-order chi connectivity index (χ1) is 5.34. The zero-order chi connectivity index (χ0) is 8.10. The third-order valence-corrected chi connectivity index (χ3v) is 1.75. The van der Waals surface area contributed by atoms with Crippen molar-refractivity contribution in [2.24, 2.45) is 0 Å². The summed E-state index contributed by atoms with van der Waals surface area (Å²) in [6.45, 7) is 5.30. The lowest BCUT2D eigenvalue weighted by Crippen LogP contribution is -2.17. The first-order valence-electron chi connectivity index (χ1n) is 4.04. The number of rotatable bonds is 3. The number of nitrogens with one attached hydrogen (secondary N) is 1. The monoisotopic (exact) mass is 148 g/mol. The maximum absolute atomic E-state index is 3.35. The zero-order valence-corrected chi connectivity index (χ0v) is 7.09. The predicted octanol–water partition coefficient (Wildman–Crippen LogP) is 2.16. The maximum atomic E-state index is 3.35. The van der Waals surface area contributed by atoms with Gasteiger partial charge in [0.2, 0.25) is 0 Å². The third-order valence-electron chi connectivity index (χ3n) is 1.75. The molecule has 1 N–H and O–H groups in total. The van der Waals surface area contributed by atoms with Gasteiger partial charge in [0.05, 0.1) is 0 Å². The second-order valence-corrected chi connectivity index (χ2v) is 2.61. The van der Waals surface area contributed by atoms with E-state index in [2.05, 4.69) is 37.4 Å². The molecule has 0 bridgehead atoms. The molecule has 0 heterocycles. The van der Waals surface area contributed by atoms with E-state index >= 15 is 0 Å². The van der Waals surface area contributed by atoms with E-state index < -0.39 is 0 Å². The summed E-state index contributed by atoms with van der Waals surface area (Å²) < 4.78 is 0. The SMILES string of the molecule is CCNC(C)c1cc[c]cc1. The van der Waals surface area contributed by atoms with E-state index in [1.807, 2.05) is 12.1 Å². The minimum atomic E-state index is 0.453. The topological polar surface area (TPSA) is 12.0 Å². The fraction of sp³-hybridized carbons (Fsp3) is 0.400. The molecule has 0 saturated carbocycles. The predicted molar refractivity (Wildman–Crippen MR) is 47.4 cm³/mol. The summed E-state index contributed by atoms with van der Waals surface area (Å²) in [6, 6.07) is 11.5. The first-order valence-corrected chi connectivity index (χ1v) is 4.04. The summed E-state index contributed by atoms with van der Waals surface area (Å²) in [5.41, 5.74) is 1.32. The minimum absolute atomic E-state index is 0.453. The molecule has 0 aliphatic heterocycles.